The van der Waals surface area contributed by atoms with Gasteiger partial charge in [0.2, 0.25) is 0 Å². The van der Waals surface area contributed by atoms with Gasteiger partial charge in [-0.1, -0.05) is 42.5 Å². The predicted molar refractivity (Wildman–Crippen MR) is 145 cm³/mol. The molecule has 6 heteroatoms. The van der Waals surface area contributed by atoms with Crippen LogP contribution in [0.25, 0.3) is 11.3 Å². The number of nitrogens with zero attached hydrogens (tertiary/aromatic N) is 1. The number of amides is 1. The maximum atomic E-state index is 13.3. The molecular formula is C30H33N3O3. The minimum absolute atomic E-state index is 0.155. The average molecular weight is 484 g/mol. The monoisotopic (exact) mass is 483 g/mol. The molecule has 36 heavy (non-hydrogen) atoms. The van der Waals surface area contributed by atoms with E-state index in [9.17, 15) is 4.79 Å². The molecule has 1 saturated heterocycles. The van der Waals surface area contributed by atoms with Crippen molar-refractivity contribution in [3.05, 3.63) is 83.4 Å². The Hall–Kier alpha value is -3.77. The standard InChI is InChI=1S/C30H33N3O3/c1-3-35-26-18-24-25(19-27(26)36-4-2)32-30(34)28(24)29(22-10-6-5-7-11-22)31-23-14-12-21(13-15-23)20-33-16-8-9-17-33/h5-7,10-15,18-19,31H,3-4,8-9,16-17,20H2,1-2H3,(H,32,34)/b29-28-. The van der Waals surface area contributed by atoms with E-state index in [-0.39, 0.29) is 5.91 Å². The zero-order valence-corrected chi connectivity index (χ0v) is 21.0. The van der Waals surface area contributed by atoms with Crippen molar-refractivity contribution in [1.29, 1.82) is 0 Å². The Morgan fingerprint density at radius 2 is 1.58 bits per heavy atom. The Kier molecular flexibility index (Phi) is 7.23. The van der Waals surface area contributed by atoms with Crippen LogP contribution < -0.4 is 20.1 Å². The number of likely N-dealkylation sites (tertiary alicyclic amines) is 1. The molecule has 0 aromatic heterocycles. The zero-order chi connectivity index (χ0) is 24.9. The van der Waals surface area contributed by atoms with Crippen LogP contribution >= 0.6 is 0 Å². The second-order valence-corrected chi connectivity index (χ2v) is 9.09. The molecule has 0 bridgehead atoms. The van der Waals surface area contributed by atoms with Gasteiger partial charge in [0.25, 0.3) is 5.91 Å². The van der Waals surface area contributed by atoms with Crippen LogP contribution in [-0.4, -0.2) is 37.1 Å². The van der Waals surface area contributed by atoms with Crippen LogP contribution in [0.3, 0.4) is 0 Å². The molecule has 1 fully saturated rings. The second kappa shape index (κ2) is 10.9. The van der Waals surface area contributed by atoms with Crippen molar-refractivity contribution in [2.24, 2.45) is 0 Å². The molecular weight excluding hydrogens is 450 g/mol. The summed E-state index contributed by atoms with van der Waals surface area (Å²) in [6.45, 7) is 8.22. The number of rotatable bonds is 9. The Balaban J connectivity index is 1.53. The molecule has 2 aliphatic rings. The quantitative estimate of drug-likeness (QED) is 0.365. The third-order valence-corrected chi connectivity index (χ3v) is 6.57. The van der Waals surface area contributed by atoms with Crippen LogP contribution in [-0.2, 0) is 11.3 Å². The topological polar surface area (TPSA) is 62.8 Å². The molecule has 0 radical (unpaired) electrons. The van der Waals surface area contributed by atoms with Crippen molar-refractivity contribution in [2.75, 3.05) is 36.9 Å². The summed E-state index contributed by atoms with van der Waals surface area (Å²) in [7, 11) is 0. The first kappa shape index (κ1) is 23.9. The smallest absolute Gasteiger partial charge is 0.258 e. The average Bonchev–Trinajstić information content (AvgIpc) is 3.51. The minimum atomic E-state index is -0.155. The van der Waals surface area contributed by atoms with Crippen LogP contribution in [0.1, 0.15) is 43.4 Å². The van der Waals surface area contributed by atoms with Gasteiger partial charge in [-0.3, -0.25) is 9.69 Å². The number of carbonyl (C=O) groups is 1. The Bertz CT molecular complexity index is 1250. The van der Waals surface area contributed by atoms with Crippen LogP contribution in [0.4, 0.5) is 11.4 Å². The molecule has 3 aromatic carbocycles. The third kappa shape index (κ3) is 5.09. The Morgan fingerprint density at radius 3 is 2.25 bits per heavy atom. The molecule has 1 amide bonds. The summed E-state index contributed by atoms with van der Waals surface area (Å²) in [6, 6.07) is 22.2. The molecule has 0 aliphatic carbocycles. The first-order valence-corrected chi connectivity index (χ1v) is 12.8. The summed E-state index contributed by atoms with van der Waals surface area (Å²) in [4.78, 5) is 15.8. The van der Waals surface area contributed by atoms with E-state index in [1.54, 1.807) is 0 Å². The van der Waals surface area contributed by atoms with Crippen molar-refractivity contribution in [3.63, 3.8) is 0 Å². The number of carbonyl (C=O) groups excluding carboxylic acids is 1. The lowest BCUT2D eigenvalue weighted by Gasteiger charge is -2.17. The first-order valence-electron chi connectivity index (χ1n) is 12.8. The van der Waals surface area contributed by atoms with Gasteiger partial charge in [0.1, 0.15) is 0 Å². The summed E-state index contributed by atoms with van der Waals surface area (Å²) in [5, 5.41) is 6.58. The summed E-state index contributed by atoms with van der Waals surface area (Å²) < 4.78 is 11.6. The number of benzene rings is 3. The highest BCUT2D eigenvalue weighted by Crippen LogP contribution is 2.43. The number of hydrogen-bond donors (Lipinski definition) is 2. The van der Waals surface area contributed by atoms with Gasteiger partial charge in [0, 0.05) is 23.9 Å². The van der Waals surface area contributed by atoms with Crippen LogP contribution in [0.2, 0.25) is 0 Å². The van der Waals surface area contributed by atoms with E-state index in [0.717, 1.165) is 34.7 Å². The van der Waals surface area contributed by atoms with E-state index in [1.165, 1.54) is 31.5 Å². The fourth-order valence-corrected chi connectivity index (χ4v) is 4.88. The molecule has 2 heterocycles. The lowest BCUT2D eigenvalue weighted by Crippen LogP contribution is -2.18. The van der Waals surface area contributed by atoms with Gasteiger partial charge >= 0.3 is 0 Å². The first-order chi connectivity index (χ1) is 17.7. The van der Waals surface area contributed by atoms with Gasteiger partial charge in [-0.2, -0.15) is 0 Å². The van der Waals surface area contributed by atoms with Crippen LogP contribution in [0, 0.1) is 0 Å². The molecule has 2 N–H and O–H groups in total. The van der Waals surface area contributed by atoms with E-state index in [0.29, 0.717) is 30.3 Å². The molecule has 5 rings (SSSR count). The zero-order valence-electron chi connectivity index (χ0n) is 21.0. The molecule has 3 aromatic rings. The molecule has 0 spiro atoms. The largest absolute Gasteiger partial charge is 0.490 e. The second-order valence-electron chi connectivity index (χ2n) is 9.09. The van der Waals surface area contributed by atoms with Gasteiger partial charge < -0.3 is 20.1 Å². The molecule has 0 unspecified atom stereocenters. The minimum Gasteiger partial charge on any atom is -0.490 e. The van der Waals surface area contributed by atoms with Crippen molar-refractivity contribution in [1.82, 2.24) is 4.90 Å². The van der Waals surface area contributed by atoms with Crippen molar-refractivity contribution >= 4 is 28.6 Å². The summed E-state index contributed by atoms with van der Waals surface area (Å²) in [6.07, 6.45) is 2.57. The van der Waals surface area contributed by atoms with Gasteiger partial charge in [0.15, 0.2) is 11.5 Å². The number of nitrogens with one attached hydrogen (secondary N) is 2. The van der Waals surface area contributed by atoms with Crippen LogP contribution in [0.5, 0.6) is 11.5 Å². The highest BCUT2D eigenvalue weighted by Gasteiger charge is 2.30. The van der Waals surface area contributed by atoms with Crippen molar-refractivity contribution < 1.29 is 14.3 Å². The number of fused-ring (bicyclic) bond motifs is 1. The maximum absolute atomic E-state index is 13.3. The van der Waals surface area contributed by atoms with Gasteiger partial charge in [0.05, 0.1) is 30.2 Å². The summed E-state index contributed by atoms with van der Waals surface area (Å²) in [5.74, 6) is 1.10. The summed E-state index contributed by atoms with van der Waals surface area (Å²) in [5.41, 5.74) is 6.02. The number of anilines is 2. The molecule has 186 valence electrons. The third-order valence-electron chi connectivity index (χ3n) is 6.57. The normalized spacial score (nSPS) is 16.4. The Morgan fingerprint density at radius 1 is 0.917 bits per heavy atom. The number of hydrogen-bond acceptors (Lipinski definition) is 5. The molecule has 6 nitrogen and oxygen atoms in total. The number of ether oxygens (including phenoxy) is 2. The van der Waals surface area contributed by atoms with Gasteiger partial charge in [-0.25, -0.2) is 0 Å². The van der Waals surface area contributed by atoms with Gasteiger partial charge in [-0.05, 0) is 69.1 Å². The lowest BCUT2D eigenvalue weighted by atomic mass is 9.99. The molecule has 2 aliphatic heterocycles. The van der Waals surface area contributed by atoms with E-state index < -0.39 is 0 Å². The van der Waals surface area contributed by atoms with Crippen LogP contribution in [0.15, 0.2) is 66.7 Å². The molecule has 0 atom stereocenters. The van der Waals surface area contributed by atoms with E-state index in [1.807, 2.05) is 56.3 Å². The predicted octanol–water partition coefficient (Wildman–Crippen LogP) is 6.01. The molecule has 0 saturated carbocycles. The fraction of sp³-hybridized carbons (Fsp3) is 0.300. The van der Waals surface area contributed by atoms with E-state index >= 15 is 0 Å². The lowest BCUT2D eigenvalue weighted by molar-refractivity contribution is -0.110. The van der Waals surface area contributed by atoms with E-state index in [2.05, 4.69) is 39.8 Å². The highest BCUT2D eigenvalue weighted by atomic mass is 16.5. The SMILES string of the molecule is CCOc1cc2c(cc1OCC)/C(=C(/Nc1ccc(CN3CCCC3)cc1)c1ccccc1)C(=O)N2. The maximum Gasteiger partial charge on any atom is 0.258 e. The van der Waals surface area contributed by atoms with Gasteiger partial charge in [-0.15, -0.1) is 0 Å². The summed E-state index contributed by atoms with van der Waals surface area (Å²) >= 11 is 0. The van der Waals surface area contributed by atoms with Crippen molar-refractivity contribution in [3.8, 4) is 11.5 Å². The fourth-order valence-electron chi connectivity index (χ4n) is 4.88. The Labute approximate surface area is 212 Å². The highest BCUT2D eigenvalue weighted by molar-refractivity contribution is 6.37. The van der Waals surface area contributed by atoms with E-state index in [4.69, 9.17) is 9.47 Å². The van der Waals surface area contributed by atoms with Crippen molar-refractivity contribution in [2.45, 2.75) is 33.2 Å².